The van der Waals surface area contributed by atoms with Gasteiger partial charge >= 0.3 is 11.9 Å². The van der Waals surface area contributed by atoms with Crippen LogP contribution in [0, 0.1) is 11.8 Å². The summed E-state index contributed by atoms with van der Waals surface area (Å²) < 4.78 is 10.9. The van der Waals surface area contributed by atoms with Crippen molar-refractivity contribution in [3.63, 3.8) is 0 Å². The van der Waals surface area contributed by atoms with Gasteiger partial charge < -0.3 is 9.47 Å². The summed E-state index contributed by atoms with van der Waals surface area (Å²) in [6, 6.07) is 0. The van der Waals surface area contributed by atoms with Crippen LogP contribution in [0.5, 0.6) is 0 Å². The molecule has 0 aromatic rings. The monoisotopic (exact) mass is 454 g/mol. The van der Waals surface area contributed by atoms with E-state index in [2.05, 4.69) is 27.7 Å². The molecule has 0 N–H and O–H groups in total. The van der Waals surface area contributed by atoms with Crippen LogP contribution in [0.25, 0.3) is 0 Å². The van der Waals surface area contributed by atoms with Gasteiger partial charge in [0.25, 0.3) is 0 Å². The molecule has 190 valence electrons. The van der Waals surface area contributed by atoms with E-state index >= 15 is 0 Å². The van der Waals surface area contributed by atoms with Crippen LogP contribution in [0.4, 0.5) is 0 Å². The van der Waals surface area contributed by atoms with Crippen LogP contribution in [0.3, 0.4) is 0 Å². The molecule has 0 radical (unpaired) electrons. The molecule has 0 aromatic heterocycles. The van der Waals surface area contributed by atoms with E-state index in [1.54, 1.807) is 0 Å². The second kappa shape index (κ2) is 23.1. The van der Waals surface area contributed by atoms with Crippen molar-refractivity contribution in [1.82, 2.24) is 0 Å². The maximum Gasteiger partial charge on any atom is 0.305 e. The van der Waals surface area contributed by atoms with Crippen molar-refractivity contribution < 1.29 is 19.1 Å². The van der Waals surface area contributed by atoms with E-state index in [4.69, 9.17) is 9.47 Å². The van der Waals surface area contributed by atoms with Gasteiger partial charge in [-0.05, 0) is 37.5 Å². The fourth-order valence-corrected chi connectivity index (χ4v) is 3.96. The summed E-state index contributed by atoms with van der Waals surface area (Å²) in [7, 11) is 0. The molecule has 0 aliphatic carbocycles. The quantitative estimate of drug-likeness (QED) is 0.115. The zero-order chi connectivity index (χ0) is 23.9. The third-order valence-corrected chi connectivity index (χ3v) is 6.56. The lowest BCUT2D eigenvalue weighted by molar-refractivity contribution is -0.146. The van der Waals surface area contributed by atoms with Crippen molar-refractivity contribution in [3.8, 4) is 0 Å². The van der Waals surface area contributed by atoms with E-state index in [1.807, 2.05) is 0 Å². The standard InChI is InChI=1S/C28H54O4/c1-5-9-19-25(7-3)23-31-27(29)21-17-15-13-11-12-14-16-18-22-28(30)32-24-26(8-4)20-10-6-2/h25-26H,5-24H2,1-4H3. The predicted molar refractivity (Wildman–Crippen MR) is 135 cm³/mol. The Hall–Kier alpha value is -1.06. The molecule has 2 unspecified atom stereocenters. The van der Waals surface area contributed by atoms with Crippen LogP contribution < -0.4 is 0 Å². The van der Waals surface area contributed by atoms with Crippen LogP contribution in [-0.4, -0.2) is 25.2 Å². The summed E-state index contributed by atoms with van der Waals surface area (Å²) in [5, 5.41) is 0. The molecular formula is C28H54O4. The predicted octanol–water partition coefficient (Wildman–Crippen LogP) is 8.41. The van der Waals surface area contributed by atoms with E-state index in [9.17, 15) is 9.59 Å². The molecule has 0 heterocycles. The van der Waals surface area contributed by atoms with Gasteiger partial charge in [0.2, 0.25) is 0 Å². The number of carbonyl (C=O) groups is 2. The summed E-state index contributed by atoms with van der Waals surface area (Å²) in [5.41, 5.74) is 0. The Labute approximate surface area is 199 Å². The molecule has 0 aromatic carbocycles. The van der Waals surface area contributed by atoms with Crippen LogP contribution in [0.15, 0.2) is 0 Å². The van der Waals surface area contributed by atoms with E-state index in [0.29, 0.717) is 37.9 Å². The molecule has 0 bridgehead atoms. The Morgan fingerprint density at radius 1 is 0.531 bits per heavy atom. The average Bonchev–Trinajstić information content (AvgIpc) is 2.80. The van der Waals surface area contributed by atoms with Gasteiger partial charge in [0.15, 0.2) is 0 Å². The molecule has 4 heteroatoms. The average molecular weight is 455 g/mol. The van der Waals surface area contributed by atoms with Gasteiger partial charge in [-0.3, -0.25) is 9.59 Å². The first kappa shape index (κ1) is 30.9. The second-order valence-electron chi connectivity index (χ2n) is 9.53. The Balaban J connectivity index is 3.49. The molecule has 0 saturated heterocycles. The van der Waals surface area contributed by atoms with Crippen molar-refractivity contribution in [3.05, 3.63) is 0 Å². The zero-order valence-electron chi connectivity index (χ0n) is 21.9. The highest BCUT2D eigenvalue weighted by Crippen LogP contribution is 2.16. The van der Waals surface area contributed by atoms with Crippen molar-refractivity contribution in [2.24, 2.45) is 11.8 Å². The lowest BCUT2D eigenvalue weighted by atomic mass is 10.0. The Kier molecular flexibility index (Phi) is 22.3. The highest BCUT2D eigenvalue weighted by molar-refractivity contribution is 5.69. The Bertz CT molecular complexity index is 395. The van der Waals surface area contributed by atoms with Gasteiger partial charge in [0.05, 0.1) is 13.2 Å². The molecule has 32 heavy (non-hydrogen) atoms. The van der Waals surface area contributed by atoms with Gasteiger partial charge in [-0.15, -0.1) is 0 Å². The summed E-state index contributed by atoms with van der Waals surface area (Å²) in [4.78, 5) is 23.8. The summed E-state index contributed by atoms with van der Waals surface area (Å²) in [6.07, 6.45) is 19.3. The number of rotatable bonds is 23. The Morgan fingerprint density at radius 2 is 0.875 bits per heavy atom. The van der Waals surface area contributed by atoms with Gasteiger partial charge in [0, 0.05) is 12.8 Å². The smallest absolute Gasteiger partial charge is 0.305 e. The van der Waals surface area contributed by atoms with Gasteiger partial charge in [0.1, 0.15) is 0 Å². The summed E-state index contributed by atoms with van der Waals surface area (Å²) in [6.45, 7) is 9.95. The lowest BCUT2D eigenvalue weighted by Crippen LogP contribution is -2.13. The van der Waals surface area contributed by atoms with Gasteiger partial charge in [-0.1, -0.05) is 105 Å². The van der Waals surface area contributed by atoms with Crippen LogP contribution in [0.2, 0.25) is 0 Å². The minimum Gasteiger partial charge on any atom is -0.465 e. The molecule has 0 rings (SSSR count). The van der Waals surface area contributed by atoms with Crippen molar-refractivity contribution in [1.29, 1.82) is 0 Å². The highest BCUT2D eigenvalue weighted by Gasteiger charge is 2.11. The number of hydrogen-bond acceptors (Lipinski definition) is 4. The minimum absolute atomic E-state index is 0.0255. The summed E-state index contributed by atoms with van der Waals surface area (Å²) in [5.74, 6) is 1.00. The molecule has 0 fully saturated rings. The maximum absolute atomic E-state index is 11.9. The van der Waals surface area contributed by atoms with Crippen molar-refractivity contribution >= 4 is 11.9 Å². The molecular weight excluding hydrogens is 400 g/mol. The lowest BCUT2D eigenvalue weighted by Gasteiger charge is -2.14. The van der Waals surface area contributed by atoms with Gasteiger partial charge in [-0.25, -0.2) is 0 Å². The fourth-order valence-electron chi connectivity index (χ4n) is 3.96. The summed E-state index contributed by atoms with van der Waals surface area (Å²) >= 11 is 0. The van der Waals surface area contributed by atoms with Gasteiger partial charge in [-0.2, -0.15) is 0 Å². The molecule has 0 saturated carbocycles. The van der Waals surface area contributed by atoms with E-state index in [-0.39, 0.29) is 11.9 Å². The number of carbonyl (C=O) groups excluding carboxylic acids is 2. The molecule has 4 nitrogen and oxygen atoms in total. The van der Waals surface area contributed by atoms with Crippen LogP contribution >= 0.6 is 0 Å². The SMILES string of the molecule is CCCCC(CC)COC(=O)CCCCCCCCCCC(=O)OCC(CC)CCCC. The maximum atomic E-state index is 11.9. The number of hydrogen-bond donors (Lipinski definition) is 0. The first-order chi connectivity index (χ1) is 15.6. The van der Waals surface area contributed by atoms with Crippen LogP contribution in [-0.2, 0) is 19.1 Å². The number of unbranched alkanes of at least 4 members (excludes halogenated alkanes) is 9. The minimum atomic E-state index is -0.0255. The number of ether oxygens (including phenoxy) is 2. The normalized spacial score (nSPS) is 13.0. The first-order valence-electron chi connectivity index (χ1n) is 13.9. The second-order valence-corrected chi connectivity index (χ2v) is 9.53. The molecule has 2 atom stereocenters. The van der Waals surface area contributed by atoms with Crippen molar-refractivity contribution in [2.45, 2.75) is 143 Å². The first-order valence-corrected chi connectivity index (χ1v) is 13.9. The third kappa shape index (κ3) is 19.6. The van der Waals surface area contributed by atoms with Crippen molar-refractivity contribution in [2.75, 3.05) is 13.2 Å². The fraction of sp³-hybridized carbons (Fsp3) is 0.929. The van der Waals surface area contributed by atoms with Crippen LogP contribution in [0.1, 0.15) is 143 Å². The van der Waals surface area contributed by atoms with E-state index in [1.165, 1.54) is 64.2 Å². The third-order valence-electron chi connectivity index (χ3n) is 6.56. The largest absolute Gasteiger partial charge is 0.465 e. The highest BCUT2D eigenvalue weighted by atomic mass is 16.5. The molecule has 0 aliphatic rings. The molecule has 0 aliphatic heterocycles. The molecule has 0 amide bonds. The Morgan fingerprint density at radius 3 is 1.19 bits per heavy atom. The topological polar surface area (TPSA) is 52.6 Å². The van der Waals surface area contributed by atoms with E-state index in [0.717, 1.165) is 38.5 Å². The number of esters is 2. The molecule has 0 spiro atoms. The van der Waals surface area contributed by atoms with E-state index < -0.39 is 0 Å². The zero-order valence-corrected chi connectivity index (χ0v) is 21.9.